The van der Waals surface area contributed by atoms with E-state index >= 15 is 0 Å². The summed E-state index contributed by atoms with van der Waals surface area (Å²) in [7, 11) is 1.67. The van der Waals surface area contributed by atoms with E-state index in [2.05, 4.69) is 0 Å². The van der Waals surface area contributed by atoms with Gasteiger partial charge < -0.3 is 9.64 Å². The van der Waals surface area contributed by atoms with E-state index in [4.69, 9.17) is 16.3 Å². The molecule has 0 fully saturated rings. The first-order chi connectivity index (χ1) is 7.76. The molecule has 0 aromatic heterocycles. The van der Waals surface area contributed by atoms with E-state index in [0.29, 0.717) is 6.54 Å². The number of methoxy groups -OCH3 is 1. The second-order valence-electron chi connectivity index (χ2n) is 3.80. The van der Waals surface area contributed by atoms with E-state index in [-0.39, 0.29) is 11.8 Å². The maximum Gasteiger partial charge on any atom is 0.237 e. The van der Waals surface area contributed by atoms with Crippen LogP contribution in [-0.2, 0) is 17.8 Å². The first-order valence-electron chi connectivity index (χ1n) is 5.24. The Morgan fingerprint density at radius 2 is 2.38 bits per heavy atom. The molecule has 0 spiro atoms. The van der Waals surface area contributed by atoms with Crippen molar-refractivity contribution in [2.75, 3.05) is 19.5 Å². The van der Waals surface area contributed by atoms with Crippen LogP contribution in [0.1, 0.15) is 11.1 Å². The molecule has 16 heavy (non-hydrogen) atoms. The smallest absolute Gasteiger partial charge is 0.237 e. The van der Waals surface area contributed by atoms with Gasteiger partial charge in [0.1, 0.15) is 11.6 Å². The molecule has 0 unspecified atom stereocenters. The van der Waals surface area contributed by atoms with Crippen LogP contribution in [-0.4, -0.2) is 30.3 Å². The molecule has 1 heterocycles. The van der Waals surface area contributed by atoms with Crippen LogP contribution >= 0.6 is 11.6 Å². The highest BCUT2D eigenvalue weighted by molar-refractivity contribution is 6.27. The molecule has 1 aliphatic heterocycles. The Hall–Kier alpha value is -1.22. The summed E-state index contributed by atoms with van der Waals surface area (Å²) in [6.07, 6.45) is 0.835. The largest absolute Gasteiger partial charge is 0.496 e. The third kappa shape index (κ3) is 2.00. The van der Waals surface area contributed by atoms with Gasteiger partial charge in [-0.1, -0.05) is 12.1 Å². The highest BCUT2D eigenvalue weighted by atomic mass is 35.5. The maximum absolute atomic E-state index is 11.5. The van der Waals surface area contributed by atoms with Crippen LogP contribution < -0.4 is 4.74 Å². The second-order valence-corrected chi connectivity index (χ2v) is 4.06. The number of rotatable bonds is 2. The zero-order valence-electron chi connectivity index (χ0n) is 9.20. The fraction of sp³-hybridized carbons (Fsp3) is 0.417. The van der Waals surface area contributed by atoms with E-state index in [0.717, 1.165) is 24.3 Å². The molecule has 0 saturated carbocycles. The van der Waals surface area contributed by atoms with Crippen molar-refractivity contribution >= 4 is 17.5 Å². The van der Waals surface area contributed by atoms with E-state index in [1.165, 1.54) is 5.56 Å². The molecule has 0 atom stereocenters. The molecule has 0 bridgehead atoms. The van der Waals surface area contributed by atoms with Gasteiger partial charge in [-0.3, -0.25) is 4.79 Å². The van der Waals surface area contributed by atoms with E-state index in [9.17, 15) is 4.79 Å². The topological polar surface area (TPSA) is 29.5 Å². The number of alkyl halides is 1. The number of carbonyl (C=O) groups is 1. The molecular weight excluding hydrogens is 226 g/mol. The Morgan fingerprint density at radius 3 is 3.06 bits per heavy atom. The Kier molecular flexibility index (Phi) is 3.34. The number of benzene rings is 1. The lowest BCUT2D eigenvalue weighted by atomic mass is 9.99. The quantitative estimate of drug-likeness (QED) is 0.737. The Morgan fingerprint density at radius 1 is 1.56 bits per heavy atom. The van der Waals surface area contributed by atoms with Crippen LogP contribution in [0, 0.1) is 0 Å². The molecule has 3 nitrogen and oxygen atoms in total. The third-order valence-electron chi connectivity index (χ3n) is 2.91. The molecular formula is C12H14ClNO2. The van der Waals surface area contributed by atoms with Gasteiger partial charge in [-0.15, -0.1) is 11.6 Å². The summed E-state index contributed by atoms with van der Waals surface area (Å²) in [4.78, 5) is 13.3. The fourth-order valence-corrected chi connectivity index (χ4v) is 2.23. The Labute approximate surface area is 100.0 Å². The van der Waals surface area contributed by atoms with Gasteiger partial charge in [-0.05, 0) is 18.1 Å². The third-order valence-corrected chi connectivity index (χ3v) is 3.14. The minimum atomic E-state index is -0.00450. The predicted molar refractivity (Wildman–Crippen MR) is 62.8 cm³/mol. The number of nitrogens with zero attached hydrogens (tertiary/aromatic N) is 1. The van der Waals surface area contributed by atoms with Gasteiger partial charge >= 0.3 is 0 Å². The summed E-state index contributed by atoms with van der Waals surface area (Å²) < 4.78 is 5.31. The standard InChI is InChI=1S/C12H14ClNO2/c1-16-11-4-2-3-9-8-14(12(15)7-13)6-5-10(9)11/h2-4H,5-8H2,1H3. The van der Waals surface area contributed by atoms with Gasteiger partial charge in [0.05, 0.1) is 7.11 Å². The number of fused-ring (bicyclic) bond motifs is 1. The van der Waals surface area contributed by atoms with Gasteiger partial charge in [-0.2, -0.15) is 0 Å². The van der Waals surface area contributed by atoms with E-state index < -0.39 is 0 Å². The van der Waals surface area contributed by atoms with Gasteiger partial charge in [0.15, 0.2) is 0 Å². The van der Waals surface area contributed by atoms with Gasteiger partial charge in [0, 0.05) is 18.7 Å². The van der Waals surface area contributed by atoms with Crippen molar-refractivity contribution in [3.05, 3.63) is 29.3 Å². The predicted octanol–water partition coefficient (Wildman–Crippen LogP) is 1.82. The summed E-state index contributed by atoms with van der Waals surface area (Å²) in [5.74, 6) is 0.963. The van der Waals surface area contributed by atoms with Gasteiger partial charge in [0.2, 0.25) is 5.91 Å². The number of halogens is 1. The highest BCUT2D eigenvalue weighted by Crippen LogP contribution is 2.27. The summed E-state index contributed by atoms with van der Waals surface area (Å²) >= 11 is 5.56. The number of amides is 1. The van der Waals surface area contributed by atoms with Gasteiger partial charge in [0.25, 0.3) is 0 Å². The van der Waals surface area contributed by atoms with Crippen molar-refractivity contribution in [1.29, 1.82) is 0 Å². The number of carbonyl (C=O) groups excluding carboxylic acids is 1. The summed E-state index contributed by atoms with van der Waals surface area (Å²) in [6, 6.07) is 5.94. The van der Waals surface area contributed by atoms with Crippen LogP contribution in [0.2, 0.25) is 0 Å². The fourth-order valence-electron chi connectivity index (χ4n) is 2.06. The van der Waals surface area contributed by atoms with Crippen molar-refractivity contribution in [3.8, 4) is 5.75 Å². The monoisotopic (exact) mass is 239 g/mol. The van der Waals surface area contributed by atoms with Crippen molar-refractivity contribution < 1.29 is 9.53 Å². The number of ether oxygens (including phenoxy) is 1. The SMILES string of the molecule is COc1cccc2c1CCN(C(=O)CCl)C2. The zero-order valence-corrected chi connectivity index (χ0v) is 9.96. The first kappa shape index (κ1) is 11.3. The van der Waals surface area contributed by atoms with Crippen molar-refractivity contribution in [1.82, 2.24) is 4.90 Å². The molecule has 1 aromatic rings. The first-order valence-corrected chi connectivity index (χ1v) is 5.78. The summed E-state index contributed by atoms with van der Waals surface area (Å²) in [5.41, 5.74) is 2.37. The molecule has 1 amide bonds. The molecule has 2 rings (SSSR count). The minimum absolute atomic E-state index is 0.00450. The normalized spacial score (nSPS) is 14.5. The average molecular weight is 240 g/mol. The van der Waals surface area contributed by atoms with Crippen LogP contribution in [0.3, 0.4) is 0 Å². The van der Waals surface area contributed by atoms with Crippen LogP contribution in [0.4, 0.5) is 0 Å². The lowest BCUT2D eigenvalue weighted by Gasteiger charge is -2.29. The second kappa shape index (κ2) is 4.74. The van der Waals surface area contributed by atoms with Crippen molar-refractivity contribution in [2.24, 2.45) is 0 Å². The molecule has 4 heteroatoms. The Balaban J connectivity index is 2.25. The van der Waals surface area contributed by atoms with E-state index in [1.54, 1.807) is 12.0 Å². The average Bonchev–Trinajstić information content (AvgIpc) is 2.36. The molecule has 1 aromatic carbocycles. The summed E-state index contributed by atoms with van der Waals surface area (Å²) in [5, 5.41) is 0. The van der Waals surface area contributed by atoms with Crippen LogP contribution in [0.15, 0.2) is 18.2 Å². The van der Waals surface area contributed by atoms with Crippen LogP contribution in [0.25, 0.3) is 0 Å². The molecule has 1 aliphatic rings. The van der Waals surface area contributed by atoms with E-state index in [1.807, 2.05) is 18.2 Å². The molecule has 0 N–H and O–H groups in total. The molecule has 0 saturated heterocycles. The minimum Gasteiger partial charge on any atom is -0.496 e. The number of hydrogen-bond donors (Lipinski definition) is 0. The maximum atomic E-state index is 11.5. The van der Waals surface area contributed by atoms with Crippen molar-refractivity contribution in [2.45, 2.75) is 13.0 Å². The number of hydrogen-bond acceptors (Lipinski definition) is 2. The summed E-state index contributed by atoms with van der Waals surface area (Å²) in [6.45, 7) is 1.36. The Bertz CT molecular complexity index is 406. The highest BCUT2D eigenvalue weighted by Gasteiger charge is 2.21. The van der Waals surface area contributed by atoms with Crippen LogP contribution in [0.5, 0.6) is 5.75 Å². The lowest BCUT2D eigenvalue weighted by molar-refractivity contribution is -0.129. The van der Waals surface area contributed by atoms with Gasteiger partial charge in [-0.25, -0.2) is 0 Å². The lowest BCUT2D eigenvalue weighted by Crippen LogP contribution is -2.36. The zero-order chi connectivity index (χ0) is 11.5. The molecule has 0 aliphatic carbocycles. The van der Waals surface area contributed by atoms with Crippen molar-refractivity contribution in [3.63, 3.8) is 0 Å². The molecule has 86 valence electrons. The molecule has 0 radical (unpaired) electrons.